The van der Waals surface area contributed by atoms with Gasteiger partial charge >= 0.3 is 85.0 Å². The third-order valence-corrected chi connectivity index (χ3v) is 22.5. The van der Waals surface area contributed by atoms with Crippen LogP contribution in [0.25, 0.3) is 0 Å². The maximum atomic E-state index is 12.6. The fourth-order valence-corrected chi connectivity index (χ4v) is 14.9. The summed E-state index contributed by atoms with van der Waals surface area (Å²) in [5.74, 6) is -23.3. The summed E-state index contributed by atoms with van der Waals surface area (Å²) in [6.07, 6.45) is -57.5. The van der Waals surface area contributed by atoms with Crippen molar-refractivity contribution in [2.45, 2.75) is 86.0 Å². The Balaban J connectivity index is 0.000000828. The Kier molecular flexibility index (Phi) is 50.7. The van der Waals surface area contributed by atoms with Gasteiger partial charge in [-0.25, -0.2) is 92.5 Å². The van der Waals surface area contributed by atoms with Crippen LogP contribution in [0.2, 0.25) is 35.2 Å². The number of benzene rings is 7. The predicted molar refractivity (Wildman–Crippen MR) is 449 cm³/mol. The van der Waals surface area contributed by atoms with Crippen LogP contribution in [-0.4, -0.2) is 259 Å². The minimum absolute atomic E-state index is 0.0329. The Morgan fingerprint density at radius 3 is 0.739 bits per heavy atom. The van der Waals surface area contributed by atoms with Crippen molar-refractivity contribution in [2.24, 2.45) is 0 Å². The van der Waals surface area contributed by atoms with Crippen molar-refractivity contribution in [3.05, 3.63) is 240 Å². The third-order valence-electron chi connectivity index (χ3n) is 14.4. The van der Waals surface area contributed by atoms with Crippen LogP contribution < -0.4 is 0 Å². The van der Waals surface area contributed by atoms with Crippen LogP contribution in [0.5, 0.6) is 0 Å². The third kappa shape index (κ3) is 56.0. The maximum absolute atomic E-state index is 12.6. The van der Waals surface area contributed by atoms with Gasteiger partial charge in [-0.2, -0.15) is 92.2 Å². The van der Waals surface area contributed by atoms with Crippen molar-refractivity contribution in [2.75, 3.05) is 40.3 Å². The molecule has 0 heterocycles. The highest BCUT2D eigenvalue weighted by Gasteiger charge is 2.50. The van der Waals surface area contributed by atoms with Gasteiger partial charge in [0.25, 0.3) is 0 Å². The van der Waals surface area contributed by atoms with Crippen molar-refractivity contribution in [3.8, 4) is 0 Å². The van der Waals surface area contributed by atoms with Gasteiger partial charge in [-0.05, 0) is 162 Å². The number of alkyl halides is 21. The van der Waals surface area contributed by atoms with E-state index in [9.17, 15) is 217 Å². The largest absolute Gasteiger partial charge is 0.748 e. The molecule has 0 saturated heterocycles. The minimum atomic E-state index is -5.25. The van der Waals surface area contributed by atoms with Gasteiger partial charge in [0.15, 0.2) is 0 Å². The number of esters is 7. The van der Waals surface area contributed by atoms with Crippen LogP contribution in [0.4, 0.5) is 92.2 Å². The molecule has 0 bridgehead atoms. The Morgan fingerprint density at radius 2 is 0.479 bits per heavy atom. The number of hydrogen-bond donors (Lipinski definition) is 0. The van der Waals surface area contributed by atoms with Gasteiger partial charge < -0.3 is 65.0 Å². The van der Waals surface area contributed by atoms with E-state index in [1.165, 1.54) is 103 Å². The van der Waals surface area contributed by atoms with Crippen molar-refractivity contribution < 1.29 is 250 Å². The van der Waals surface area contributed by atoms with Gasteiger partial charge in [0, 0.05) is 33.2 Å². The highest BCUT2D eigenvalue weighted by molar-refractivity contribution is 14.1. The second-order valence-corrected chi connectivity index (χ2v) is 41.2. The van der Waals surface area contributed by atoms with Crippen molar-refractivity contribution >= 4 is 232 Å². The number of rotatable bonds is 28. The average molecular weight is 2530 g/mol. The van der Waals surface area contributed by atoms with Gasteiger partial charge in [0.2, 0.25) is 42.7 Å². The molecule has 0 aliphatic heterocycles. The van der Waals surface area contributed by atoms with E-state index in [1.54, 1.807) is 0 Å². The first kappa shape index (κ1) is 132. The Labute approximate surface area is 841 Å². The molecule has 0 aliphatic rings. The van der Waals surface area contributed by atoms with Crippen molar-refractivity contribution in [1.82, 2.24) is 0 Å². The number of carbonyl (C=O) groups is 7. The van der Waals surface area contributed by atoms with Gasteiger partial charge in [-0.3, -0.25) is 0 Å². The zero-order valence-electron chi connectivity index (χ0n) is 67.5. The SMILES string of the molecule is O=C(OC(CS(=O)(=O)[O-])C(F)(F)F)c1cc(Cl)cc(Cl)c1.O=C(OC(CS(=O)(=O)[O-])C(F)(F)F)c1ccc(Br)cc1.O=C(OC(CS(=O)(=O)[O-])C(F)(F)F)c1ccc(Cl)cc1.O=C(OC(CS(=O)(=O)[O-])C(F)(F)F)c1ccc(Cl)cc1Cl.O=C(OC(CS(=O)(=O)[O-])C(F)(F)F)c1ccc(I)cc1.O=C(OC(CS(=O)(=O)[O-])C(F)(F)F)c1cccc(Cl)c1.O=C(OC(CS(=O)(=O)[O-])C(F)(F)F)c1ccccc1Cl. The van der Waals surface area contributed by atoms with Gasteiger partial charge in [0.1, 0.15) is 0 Å². The molecular formula is C70H47BrCl7F21IO35S7-7. The predicted octanol–water partition coefficient (Wildman–Crippen LogP) is 15.2. The van der Waals surface area contributed by atoms with Crippen LogP contribution in [0.3, 0.4) is 0 Å². The zero-order chi connectivity index (χ0) is 111. The molecule has 7 aromatic carbocycles. The molecule has 0 aromatic heterocycles. The minimum Gasteiger partial charge on any atom is -0.748 e. The molecule has 0 fully saturated rings. The van der Waals surface area contributed by atoms with Crippen LogP contribution >= 0.6 is 120 Å². The van der Waals surface area contributed by atoms with E-state index in [0.717, 1.165) is 58.2 Å². The fraction of sp³-hybridized carbons (Fsp3) is 0.300. The molecule has 0 amide bonds. The van der Waals surface area contributed by atoms with E-state index in [1.807, 2.05) is 22.6 Å². The van der Waals surface area contributed by atoms with E-state index in [4.69, 9.17) is 81.2 Å². The molecule has 7 unspecified atom stereocenters. The van der Waals surface area contributed by atoms with E-state index >= 15 is 0 Å². The summed E-state index contributed by atoms with van der Waals surface area (Å²) in [6, 6.07) is 31.6. The number of hydrogen-bond acceptors (Lipinski definition) is 35. The van der Waals surface area contributed by atoms with Crippen LogP contribution in [0.15, 0.2) is 162 Å². The molecule has 0 spiro atoms. The lowest BCUT2D eigenvalue weighted by molar-refractivity contribution is -0.197. The Morgan fingerprint density at radius 1 is 0.254 bits per heavy atom. The Hall–Kier alpha value is -8.03. The number of carbonyl (C=O) groups excluding carboxylic acids is 7. The number of halogens is 30. The van der Waals surface area contributed by atoms with E-state index < -0.39 is 250 Å². The van der Waals surface area contributed by atoms with Crippen molar-refractivity contribution in [3.63, 3.8) is 0 Å². The van der Waals surface area contributed by atoms with Gasteiger partial charge in [0.05, 0.1) is 160 Å². The molecular weight excluding hydrogens is 2480 g/mol. The standard InChI is InChI=1S/C10H8BrF3O5S.2C10H7Cl2F3O5S.3C10H8ClF3O5S.C10H8F3IO5S/c11-7-3-1-6(2-4-7)9(15)19-8(10(12,13)14)5-20(16,17)18;11-6-1-5(2-7(12)3-6)9(16)20-8(10(13,14)15)4-21(17,18)19;11-5-1-2-6(7(12)3-5)9(16)20-8(10(13,14)15)4-21(17,18)19;11-7-3-1-6(2-4-7)9(15)19-8(10(12,13)14)5-20(16,17)18;11-7-3-1-2-6(4-7)9(15)19-8(10(12,13)14)5-20(16,17)18;11-7-4-2-1-3-6(7)9(15)19-8(10(12,13)14)5-20(16,17)18;11-10(12,13)8(5-20(16,17)18)19-9(15)6-1-3-7(14)4-2-6/h1-4,8H,5H2,(H,16,17,18);2*1-3,8H,4H2,(H,17,18,19);4*1-4,8H,5H2,(H,16,17,18)/p-7. The molecule has 7 aromatic rings. The summed E-state index contributed by atoms with van der Waals surface area (Å²) in [7, 11) is -36.5. The maximum Gasteiger partial charge on any atom is 0.426 e. The molecule has 72 heteroatoms. The normalized spacial score (nSPS) is 13.8. The zero-order valence-corrected chi connectivity index (χ0v) is 82.2. The summed E-state index contributed by atoms with van der Waals surface area (Å²) >= 11 is 43.9. The topological polar surface area (TPSA) is 585 Å². The lowest BCUT2D eigenvalue weighted by atomic mass is 10.2. The molecule has 7 atom stereocenters. The smallest absolute Gasteiger partial charge is 0.426 e. The first-order valence-electron chi connectivity index (χ1n) is 34.9. The summed E-state index contributed by atoms with van der Waals surface area (Å²) in [5, 5.41) is -0.0488. The highest BCUT2D eigenvalue weighted by atomic mass is 127. The molecule has 0 N–H and O–H groups in total. The molecule has 0 aliphatic carbocycles. The lowest BCUT2D eigenvalue weighted by Gasteiger charge is -2.22. The summed E-state index contributed by atoms with van der Waals surface area (Å²) < 4.78 is 511. The van der Waals surface area contributed by atoms with Crippen molar-refractivity contribution in [1.29, 1.82) is 0 Å². The fourth-order valence-electron chi connectivity index (χ4n) is 8.36. The summed E-state index contributed by atoms with van der Waals surface area (Å²) in [4.78, 5) is 80.5. The molecule has 796 valence electrons. The second kappa shape index (κ2) is 54.6. The van der Waals surface area contributed by atoms with E-state index in [0.29, 0.717) is 4.47 Å². The lowest BCUT2D eigenvalue weighted by Crippen LogP contribution is -2.39. The molecule has 142 heavy (non-hydrogen) atoms. The number of ether oxygens (including phenoxy) is 7. The van der Waals surface area contributed by atoms with Crippen LogP contribution in [-0.2, 0) is 104 Å². The highest BCUT2D eigenvalue weighted by Crippen LogP contribution is 2.35. The average Bonchev–Trinajstić information content (AvgIpc) is 0.938. The summed E-state index contributed by atoms with van der Waals surface area (Å²) in [5.41, 5.74) is -2.16. The molecule has 0 radical (unpaired) electrons. The monoisotopic (exact) mass is 2520 g/mol. The summed E-state index contributed by atoms with van der Waals surface area (Å²) in [6.45, 7) is 0. The first-order valence-corrected chi connectivity index (χ1v) is 50.5. The van der Waals surface area contributed by atoms with Gasteiger partial charge in [-0.1, -0.05) is 115 Å². The Bertz CT molecular complexity index is 6110. The van der Waals surface area contributed by atoms with Gasteiger partial charge in [-0.15, -0.1) is 0 Å². The molecule has 7 rings (SSSR count). The molecule has 0 saturated carbocycles. The second-order valence-electron chi connectivity index (χ2n) is 25.9. The van der Waals surface area contributed by atoms with Crippen LogP contribution in [0.1, 0.15) is 72.5 Å². The first-order chi connectivity index (χ1) is 63.7. The van der Waals surface area contributed by atoms with E-state index in [2.05, 4.69) is 49.1 Å². The quantitative estimate of drug-likeness (QED) is 0.0144. The van der Waals surface area contributed by atoms with E-state index in [-0.39, 0.29) is 63.0 Å². The van der Waals surface area contributed by atoms with Crippen LogP contribution in [0, 0.1) is 3.57 Å². The molecule has 35 nitrogen and oxygen atoms in total.